The van der Waals surface area contributed by atoms with Crippen LogP contribution in [-0.4, -0.2) is 18.4 Å². The highest BCUT2D eigenvalue weighted by Gasteiger charge is 1.89. The lowest BCUT2D eigenvalue weighted by Crippen LogP contribution is -2.28. The minimum absolute atomic E-state index is 0.475. The van der Waals surface area contributed by atoms with Crippen molar-refractivity contribution in [3.05, 3.63) is 34.9 Å². The highest BCUT2D eigenvalue weighted by Crippen LogP contribution is 2.08. The number of hydrazone groups is 1. The highest BCUT2D eigenvalue weighted by molar-refractivity contribution is 7.80. The second-order valence-electron chi connectivity index (χ2n) is 2.50. The largest absolute Gasteiger partial charge is 0.364 e. The van der Waals surface area contributed by atoms with E-state index in [-0.39, 0.29) is 0 Å². The molecule has 0 saturated carbocycles. The zero-order chi connectivity index (χ0) is 10.4. The van der Waals surface area contributed by atoms with Gasteiger partial charge in [0.05, 0.1) is 6.21 Å². The van der Waals surface area contributed by atoms with Gasteiger partial charge in [-0.2, -0.15) is 5.10 Å². The van der Waals surface area contributed by atoms with E-state index in [0.717, 1.165) is 5.56 Å². The first kappa shape index (κ1) is 10.9. The van der Waals surface area contributed by atoms with Gasteiger partial charge in [-0.15, -0.1) is 0 Å². The van der Waals surface area contributed by atoms with Gasteiger partial charge in [0.1, 0.15) is 0 Å². The zero-order valence-electron chi connectivity index (χ0n) is 7.62. The Balaban J connectivity index is 2.56. The van der Waals surface area contributed by atoms with E-state index in [2.05, 4.69) is 15.8 Å². The second-order valence-corrected chi connectivity index (χ2v) is 3.35. The van der Waals surface area contributed by atoms with Crippen LogP contribution in [0.2, 0.25) is 5.02 Å². The Morgan fingerprint density at radius 3 is 3.00 bits per heavy atom. The van der Waals surface area contributed by atoms with Crippen LogP contribution in [0.25, 0.3) is 0 Å². The van der Waals surface area contributed by atoms with Gasteiger partial charge in [-0.3, -0.25) is 5.43 Å². The SMILES string of the molecule is CNC(=S)N/N=C/c1cccc(Cl)c1. The monoisotopic (exact) mass is 227 g/mol. The van der Waals surface area contributed by atoms with E-state index < -0.39 is 0 Å². The Morgan fingerprint density at radius 1 is 1.57 bits per heavy atom. The summed E-state index contributed by atoms with van der Waals surface area (Å²) < 4.78 is 0. The van der Waals surface area contributed by atoms with Crippen LogP contribution < -0.4 is 10.7 Å². The molecule has 0 fully saturated rings. The molecule has 0 heterocycles. The van der Waals surface area contributed by atoms with Crippen LogP contribution in [0.15, 0.2) is 29.4 Å². The van der Waals surface area contributed by atoms with E-state index in [1.165, 1.54) is 0 Å². The first-order chi connectivity index (χ1) is 6.72. The van der Waals surface area contributed by atoms with Crippen molar-refractivity contribution in [2.24, 2.45) is 5.10 Å². The Morgan fingerprint density at radius 2 is 2.36 bits per heavy atom. The first-order valence-electron chi connectivity index (χ1n) is 3.98. The van der Waals surface area contributed by atoms with Gasteiger partial charge in [-0.25, -0.2) is 0 Å². The lowest BCUT2D eigenvalue weighted by atomic mass is 10.2. The molecule has 0 spiro atoms. The van der Waals surface area contributed by atoms with E-state index >= 15 is 0 Å². The average Bonchev–Trinajstić information content (AvgIpc) is 2.17. The van der Waals surface area contributed by atoms with Crippen LogP contribution in [0.1, 0.15) is 5.56 Å². The maximum absolute atomic E-state index is 5.79. The van der Waals surface area contributed by atoms with Crippen molar-refractivity contribution in [3.63, 3.8) is 0 Å². The summed E-state index contributed by atoms with van der Waals surface area (Å²) in [6, 6.07) is 7.39. The fourth-order valence-corrected chi connectivity index (χ4v) is 1.06. The fraction of sp³-hybridized carbons (Fsp3) is 0.111. The molecule has 3 nitrogen and oxygen atoms in total. The van der Waals surface area contributed by atoms with Gasteiger partial charge in [0.25, 0.3) is 0 Å². The highest BCUT2D eigenvalue weighted by atomic mass is 35.5. The lowest BCUT2D eigenvalue weighted by Gasteiger charge is -1.99. The molecule has 0 aliphatic heterocycles. The number of halogens is 1. The molecule has 0 atom stereocenters. The summed E-state index contributed by atoms with van der Waals surface area (Å²) in [5, 5.41) is 7.82. The van der Waals surface area contributed by atoms with Crippen molar-refractivity contribution in [2.45, 2.75) is 0 Å². The topological polar surface area (TPSA) is 36.4 Å². The Labute approximate surface area is 93.2 Å². The number of nitrogens with zero attached hydrogens (tertiary/aromatic N) is 1. The molecule has 74 valence electrons. The van der Waals surface area contributed by atoms with Gasteiger partial charge in [0, 0.05) is 12.1 Å². The van der Waals surface area contributed by atoms with Crippen molar-refractivity contribution in [3.8, 4) is 0 Å². The molecule has 2 N–H and O–H groups in total. The third kappa shape index (κ3) is 3.72. The zero-order valence-corrected chi connectivity index (χ0v) is 9.19. The molecule has 0 aromatic heterocycles. The third-order valence-electron chi connectivity index (χ3n) is 1.46. The average molecular weight is 228 g/mol. The summed E-state index contributed by atoms with van der Waals surface area (Å²) in [4.78, 5) is 0. The molecule has 1 rings (SSSR count). The summed E-state index contributed by atoms with van der Waals surface area (Å²) in [5.41, 5.74) is 3.57. The molecular formula is C9H10ClN3S. The predicted octanol–water partition coefficient (Wildman–Crippen LogP) is 1.77. The summed E-state index contributed by atoms with van der Waals surface area (Å²) >= 11 is 10.6. The molecular weight excluding hydrogens is 218 g/mol. The normalized spacial score (nSPS) is 10.1. The van der Waals surface area contributed by atoms with E-state index in [9.17, 15) is 0 Å². The van der Waals surface area contributed by atoms with Gasteiger partial charge in [0.2, 0.25) is 0 Å². The maximum Gasteiger partial charge on any atom is 0.186 e. The minimum atomic E-state index is 0.475. The van der Waals surface area contributed by atoms with Crippen molar-refractivity contribution >= 4 is 35.1 Å². The molecule has 0 aliphatic carbocycles. The van der Waals surface area contributed by atoms with Crippen LogP contribution in [0, 0.1) is 0 Å². The van der Waals surface area contributed by atoms with Crippen LogP contribution in [0.3, 0.4) is 0 Å². The van der Waals surface area contributed by atoms with E-state index in [1.807, 2.05) is 24.3 Å². The lowest BCUT2D eigenvalue weighted by molar-refractivity contribution is 0.982. The van der Waals surface area contributed by atoms with Crippen LogP contribution >= 0.6 is 23.8 Å². The number of benzene rings is 1. The molecule has 0 aliphatic rings. The van der Waals surface area contributed by atoms with Crippen molar-refractivity contribution < 1.29 is 0 Å². The van der Waals surface area contributed by atoms with Gasteiger partial charge < -0.3 is 5.32 Å². The molecule has 0 bridgehead atoms. The number of hydrogen-bond donors (Lipinski definition) is 2. The molecule has 1 aromatic carbocycles. The van der Waals surface area contributed by atoms with E-state index in [1.54, 1.807) is 13.3 Å². The number of nitrogens with one attached hydrogen (secondary N) is 2. The number of hydrogen-bond acceptors (Lipinski definition) is 2. The molecule has 0 radical (unpaired) electrons. The summed E-state index contributed by atoms with van der Waals surface area (Å²) in [7, 11) is 1.73. The fourth-order valence-electron chi connectivity index (χ4n) is 0.808. The van der Waals surface area contributed by atoms with E-state index in [4.69, 9.17) is 23.8 Å². The summed E-state index contributed by atoms with van der Waals surface area (Å²) in [6.45, 7) is 0. The van der Waals surface area contributed by atoms with Crippen molar-refractivity contribution in [2.75, 3.05) is 7.05 Å². The predicted molar refractivity (Wildman–Crippen MR) is 63.8 cm³/mol. The Bertz CT molecular complexity index is 352. The minimum Gasteiger partial charge on any atom is -0.364 e. The van der Waals surface area contributed by atoms with Crippen LogP contribution in [-0.2, 0) is 0 Å². The van der Waals surface area contributed by atoms with Gasteiger partial charge in [-0.05, 0) is 29.9 Å². The Hall–Kier alpha value is -1.13. The smallest absolute Gasteiger partial charge is 0.186 e. The molecule has 0 amide bonds. The summed E-state index contributed by atoms with van der Waals surface area (Å²) in [5.74, 6) is 0. The first-order valence-corrected chi connectivity index (χ1v) is 4.77. The van der Waals surface area contributed by atoms with Crippen LogP contribution in [0.4, 0.5) is 0 Å². The summed E-state index contributed by atoms with van der Waals surface area (Å²) in [6.07, 6.45) is 1.65. The molecule has 0 unspecified atom stereocenters. The third-order valence-corrected chi connectivity index (χ3v) is 1.99. The maximum atomic E-state index is 5.79. The van der Waals surface area contributed by atoms with E-state index in [0.29, 0.717) is 10.1 Å². The quantitative estimate of drug-likeness (QED) is 0.459. The molecule has 5 heteroatoms. The Kier molecular flexibility index (Phi) is 4.35. The molecule has 1 aromatic rings. The number of rotatable bonds is 2. The van der Waals surface area contributed by atoms with Gasteiger partial charge in [0.15, 0.2) is 5.11 Å². The van der Waals surface area contributed by atoms with Crippen molar-refractivity contribution in [1.82, 2.24) is 10.7 Å². The van der Waals surface area contributed by atoms with Crippen molar-refractivity contribution in [1.29, 1.82) is 0 Å². The van der Waals surface area contributed by atoms with Crippen LogP contribution in [0.5, 0.6) is 0 Å². The van der Waals surface area contributed by atoms with Gasteiger partial charge in [-0.1, -0.05) is 23.7 Å². The second kappa shape index (κ2) is 5.57. The molecule has 0 saturated heterocycles. The molecule has 14 heavy (non-hydrogen) atoms. The van der Waals surface area contributed by atoms with Gasteiger partial charge >= 0.3 is 0 Å². The standard InChI is InChI=1S/C9H10ClN3S/c1-11-9(14)13-12-6-7-3-2-4-8(10)5-7/h2-6H,1H3,(H2,11,13,14)/b12-6+. The number of thiocarbonyl (C=S) groups is 1.